The van der Waals surface area contributed by atoms with Crippen molar-refractivity contribution in [1.82, 2.24) is 0 Å². The molecule has 0 aliphatic rings. The quantitative estimate of drug-likeness (QED) is 0.668. The van der Waals surface area contributed by atoms with Crippen molar-refractivity contribution in [2.75, 3.05) is 0 Å². The van der Waals surface area contributed by atoms with Gasteiger partial charge in [0.15, 0.2) is 5.78 Å². The van der Waals surface area contributed by atoms with Crippen molar-refractivity contribution in [2.45, 2.75) is 52.9 Å². The molecule has 0 fully saturated rings. The molecule has 0 unspecified atom stereocenters. The fourth-order valence-corrected chi connectivity index (χ4v) is 0.739. The minimum atomic E-state index is -0.693. The van der Waals surface area contributed by atoms with Crippen LogP contribution in [0, 0.1) is 5.41 Å². The Bertz CT molecular complexity index is 198. The van der Waals surface area contributed by atoms with Gasteiger partial charge in [0.1, 0.15) is 0 Å². The van der Waals surface area contributed by atoms with Crippen molar-refractivity contribution in [1.29, 1.82) is 5.41 Å². The highest BCUT2D eigenvalue weighted by molar-refractivity contribution is 6.38. The van der Waals surface area contributed by atoms with Crippen molar-refractivity contribution >= 4 is 17.5 Å². The molecule has 0 spiro atoms. The standard InChI is InChI=1S/C6H11NO.C5H10O2/c1-3-5(7)6(8)4-2;1-2-3-4-5(6)7/h7H,3-4H2,1-2H3;2-4H2,1H3,(H,6,7). The van der Waals surface area contributed by atoms with Crippen molar-refractivity contribution in [3.63, 3.8) is 0 Å². The summed E-state index contributed by atoms with van der Waals surface area (Å²) in [6.45, 7) is 5.56. The van der Waals surface area contributed by atoms with E-state index in [0.29, 0.717) is 19.3 Å². The van der Waals surface area contributed by atoms with E-state index in [0.717, 1.165) is 12.8 Å². The zero-order valence-corrected chi connectivity index (χ0v) is 9.80. The number of Topliss-reactive ketones (excluding diaryl/α,β-unsaturated/α-hetero) is 1. The van der Waals surface area contributed by atoms with Gasteiger partial charge in [0, 0.05) is 12.8 Å². The Balaban J connectivity index is 0. The molecule has 0 radical (unpaired) electrons. The van der Waals surface area contributed by atoms with Gasteiger partial charge in [-0.05, 0) is 12.8 Å². The predicted molar refractivity (Wildman–Crippen MR) is 60.5 cm³/mol. The Labute approximate surface area is 91.2 Å². The van der Waals surface area contributed by atoms with E-state index < -0.39 is 5.97 Å². The van der Waals surface area contributed by atoms with Crippen molar-refractivity contribution in [3.8, 4) is 0 Å². The number of unbranched alkanes of at least 4 members (excludes halogenated alkanes) is 1. The molecule has 0 bridgehead atoms. The largest absolute Gasteiger partial charge is 0.481 e. The van der Waals surface area contributed by atoms with E-state index in [1.807, 2.05) is 13.8 Å². The summed E-state index contributed by atoms with van der Waals surface area (Å²) >= 11 is 0. The number of ketones is 1. The summed E-state index contributed by atoms with van der Waals surface area (Å²) in [4.78, 5) is 20.3. The number of carbonyl (C=O) groups excluding carboxylic acids is 1. The topological polar surface area (TPSA) is 78.2 Å². The Morgan fingerprint density at radius 1 is 1.13 bits per heavy atom. The Morgan fingerprint density at radius 3 is 1.80 bits per heavy atom. The lowest BCUT2D eigenvalue weighted by atomic mass is 10.1. The van der Waals surface area contributed by atoms with Crippen molar-refractivity contribution in [2.24, 2.45) is 0 Å². The molecule has 0 aromatic rings. The van der Waals surface area contributed by atoms with Crippen LogP contribution in [0.4, 0.5) is 0 Å². The van der Waals surface area contributed by atoms with Gasteiger partial charge >= 0.3 is 5.97 Å². The first-order chi connectivity index (χ1) is 6.99. The summed E-state index contributed by atoms with van der Waals surface area (Å²) in [5, 5.41) is 15.0. The molecule has 0 atom stereocenters. The zero-order chi connectivity index (χ0) is 12.3. The third kappa shape index (κ3) is 12.8. The van der Waals surface area contributed by atoms with E-state index in [9.17, 15) is 9.59 Å². The number of hydrogen-bond acceptors (Lipinski definition) is 3. The molecule has 2 N–H and O–H groups in total. The predicted octanol–water partition coefficient (Wildman–Crippen LogP) is 2.66. The maximum absolute atomic E-state index is 10.5. The van der Waals surface area contributed by atoms with Crippen LogP contribution in [0.25, 0.3) is 0 Å². The van der Waals surface area contributed by atoms with Gasteiger partial charge in [-0.25, -0.2) is 0 Å². The lowest BCUT2D eigenvalue weighted by molar-refractivity contribution is -0.137. The first-order valence-electron chi connectivity index (χ1n) is 5.31. The second-order valence-corrected chi connectivity index (χ2v) is 3.11. The van der Waals surface area contributed by atoms with Crippen LogP contribution >= 0.6 is 0 Å². The number of aliphatic carboxylic acids is 1. The monoisotopic (exact) mass is 215 g/mol. The number of hydrogen-bond donors (Lipinski definition) is 2. The Hall–Kier alpha value is -1.19. The smallest absolute Gasteiger partial charge is 0.303 e. The van der Waals surface area contributed by atoms with E-state index in [2.05, 4.69) is 0 Å². The summed E-state index contributed by atoms with van der Waals surface area (Å²) in [7, 11) is 0. The van der Waals surface area contributed by atoms with Gasteiger partial charge in [-0.15, -0.1) is 0 Å². The third-order valence-corrected chi connectivity index (χ3v) is 1.76. The van der Waals surface area contributed by atoms with Gasteiger partial charge in [0.25, 0.3) is 0 Å². The van der Waals surface area contributed by atoms with E-state index in [-0.39, 0.29) is 11.5 Å². The lowest BCUT2D eigenvalue weighted by Crippen LogP contribution is -2.08. The van der Waals surface area contributed by atoms with Gasteiger partial charge in [-0.2, -0.15) is 0 Å². The Kier molecular flexibility index (Phi) is 11.8. The minimum absolute atomic E-state index is 0.0347. The summed E-state index contributed by atoms with van der Waals surface area (Å²) in [5.41, 5.74) is 0.243. The SMILES string of the molecule is CCC(=N)C(=O)CC.CCCCC(=O)O. The number of carboxylic acid groups (broad SMARTS) is 1. The van der Waals surface area contributed by atoms with Crippen molar-refractivity contribution in [3.05, 3.63) is 0 Å². The van der Waals surface area contributed by atoms with Crippen LogP contribution in [0.5, 0.6) is 0 Å². The minimum Gasteiger partial charge on any atom is -0.481 e. The average molecular weight is 215 g/mol. The van der Waals surface area contributed by atoms with Crippen LogP contribution in [0.2, 0.25) is 0 Å². The second-order valence-electron chi connectivity index (χ2n) is 3.11. The van der Waals surface area contributed by atoms with Gasteiger partial charge in [-0.3, -0.25) is 9.59 Å². The summed E-state index contributed by atoms with van der Waals surface area (Å²) in [6, 6.07) is 0. The van der Waals surface area contributed by atoms with E-state index in [1.54, 1.807) is 6.92 Å². The molecule has 0 aliphatic carbocycles. The highest BCUT2D eigenvalue weighted by atomic mass is 16.4. The third-order valence-electron chi connectivity index (χ3n) is 1.76. The molecule has 0 saturated heterocycles. The Morgan fingerprint density at radius 2 is 1.67 bits per heavy atom. The van der Waals surface area contributed by atoms with Crippen LogP contribution in [0.15, 0.2) is 0 Å². The highest BCUT2D eigenvalue weighted by Gasteiger charge is 2.01. The van der Waals surface area contributed by atoms with E-state index in [4.69, 9.17) is 10.5 Å². The van der Waals surface area contributed by atoms with E-state index in [1.165, 1.54) is 0 Å². The zero-order valence-electron chi connectivity index (χ0n) is 9.80. The fraction of sp³-hybridized carbons (Fsp3) is 0.727. The summed E-state index contributed by atoms with van der Waals surface area (Å²) < 4.78 is 0. The van der Waals surface area contributed by atoms with Gasteiger partial charge in [0.2, 0.25) is 0 Å². The van der Waals surface area contributed by atoms with Gasteiger partial charge in [0.05, 0.1) is 5.71 Å². The fourth-order valence-electron chi connectivity index (χ4n) is 0.739. The molecule has 0 rings (SSSR count). The van der Waals surface area contributed by atoms with Crippen LogP contribution < -0.4 is 0 Å². The van der Waals surface area contributed by atoms with Crippen LogP contribution in [0.1, 0.15) is 52.9 Å². The molecule has 0 saturated carbocycles. The molecule has 15 heavy (non-hydrogen) atoms. The lowest BCUT2D eigenvalue weighted by Gasteiger charge is -1.91. The first-order valence-corrected chi connectivity index (χ1v) is 5.31. The van der Waals surface area contributed by atoms with Crippen molar-refractivity contribution < 1.29 is 14.7 Å². The molecule has 0 amide bonds. The van der Waals surface area contributed by atoms with Gasteiger partial charge < -0.3 is 10.5 Å². The second kappa shape index (κ2) is 10.9. The molecular weight excluding hydrogens is 194 g/mol. The molecule has 0 aliphatic heterocycles. The van der Waals surface area contributed by atoms with Crippen LogP contribution in [-0.2, 0) is 9.59 Å². The maximum atomic E-state index is 10.5. The number of carboxylic acids is 1. The highest BCUT2D eigenvalue weighted by Crippen LogP contribution is 1.91. The molecule has 4 heteroatoms. The number of rotatable bonds is 6. The molecular formula is C11H21NO3. The number of carbonyl (C=O) groups is 2. The molecule has 4 nitrogen and oxygen atoms in total. The number of nitrogens with one attached hydrogen (secondary N) is 1. The maximum Gasteiger partial charge on any atom is 0.303 e. The molecule has 0 heterocycles. The molecule has 88 valence electrons. The normalized spacial score (nSPS) is 8.73. The van der Waals surface area contributed by atoms with Crippen LogP contribution in [-0.4, -0.2) is 22.6 Å². The van der Waals surface area contributed by atoms with Crippen LogP contribution in [0.3, 0.4) is 0 Å². The summed E-state index contributed by atoms with van der Waals surface area (Å²) in [6.07, 6.45) is 3.11. The average Bonchev–Trinajstić information content (AvgIpc) is 2.24. The first kappa shape index (κ1) is 16.2. The van der Waals surface area contributed by atoms with Gasteiger partial charge in [-0.1, -0.05) is 27.2 Å². The molecule has 0 aromatic heterocycles. The van der Waals surface area contributed by atoms with E-state index >= 15 is 0 Å². The summed E-state index contributed by atoms with van der Waals surface area (Å²) in [5.74, 6) is -0.727. The molecule has 0 aromatic carbocycles.